The summed E-state index contributed by atoms with van der Waals surface area (Å²) in [5.41, 5.74) is 6.72. The fourth-order valence-electron chi connectivity index (χ4n) is 2.12. The van der Waals surface area contributed by atoms with Gasteiger partial charge in [0.15, 0.2) is 0 Å². The lowest BCUT2D eigenvalue weighted by atomic mass is 10.0. The maximum atomic E-state index is 4.42. The van der Waals surface area contributed by atoms with E-state index in [1.165, 1.54) is 11.1 Å². The molecular formula is C13H10N2. The molecule has 0 saturated carbocycles. The van der Waals surface area contributed by atoms with Gasteiger partial charge in [-0.25, -0.2) is 0 Å². The number of rotatable bonds is 0. The van der Waals surface area contributed by atoms with Crippen LogP contribution in [0.4, 0.5) is 0 Å². The van der Waals surface area contributed by atoms with Crippen molar-refractivity contribution in [3.63, 3.8) is 0 Å². The molecule has 2 heteroatoms. The fraction of sp³-hybridized carbons (Fsp3) is 0.0769. The van der Waals surface area contributed by atoms with E-state index in [-0.39, 0.29) is 0 Å². The van der Waals surface area contributed by atoms with Crippen LogP contribution in [-0.4, -0.2) is 9.97 Å². The first-order valence-electron chi connectivity index (χ1n) is 4.88. The molecule has 3 rings (SSSR count). The number of fused-ring (bicyclic) bond motifs is 3. The van der Waals surface area contributed by atoms with E-state index in [1.54, 1.807) is 6.20 Å². The molecule has 2 aromatic rings. The fourth-order valence-corrected chi connectivity index (χ4v) is 2.12. The van der Waals surface area contributed by atoms with Gasteiger partial charge in [0.2, 0.25) is 0 Å². The zero-order valence-electron chi connectivity index (χ0n) is 8.49. The highest BCUT2D eigenvalue weighted by atomic mass is 14.7. The molecule has 1 aliphatic carbocycles. The maximum Gasteiger partial charge on any atom is 0.0790 e. The van der Waals surface area contributed by atoms with Crippen molar-refractivity contribution >= 4 is 5.57 Å². The molecule has 2 aromatic heterocycles. The van der Waals surface area contributed by atoms with Crippen molar-refractivity contribution in [2.24, 2.45) is 0 Å². The number of hydrogen-bond acceptors (Lipinski definition) is 2. The summed E-state index contributed by atoms with van der Waals surface area (Å²) in [5.74, 6) is 0. The molecule has 2 heterocycles. The second kappa shape index (κ2) is 2.76. The van der Waals surface area contributed by atoms with Gasteiger partial charge in [0, 0.05) is 35.3 Å². The minimum Gasteiger partial charge on any atom is -0.264 e. The predicted molar refractivity (Wildman–Crippen MR) is 60.3 cm³/mol. The van der Waals surface area contributed by atoms with E-state index >= 15 is 0 Å². The molecule has 0 amide bonds. The van der Waals surface area contributed by atoms with Gasteiger partial charge in [-0.3, -0.25) is 9.97 Å². The molecule has 72 valence electrons. The van der Waals surface area contributed by atoms with Crippen molar-refractivity contribution in [3.05, 3.63) is 54.0 Å². The Balaban J connectivity index is 2.43. The number of aromatic nitrogens is 2. The third-order valence-electron chi connectivity index (χ3n) is 2.86. The van der Waals surface area contributed by atoms with E-state index in [4.69, 9.17) is 0 Å². The molecule has 0 saturated heterocycles. The van der Waals surface area contributed by atoms with Crippen LogP contribution in [-0.2, 0) is 0 Å². The number of hydrogen-bond donors (Lipinski definition) is 0. The number of aryl methyl sites for hydroxylation is 1. The summed E-state index contributed by atoms with van der Waals surface area (Å²) in [4.78, 5) is 8.55. The molecule has 0 spiro atoms. The lowest BCUT2D eigenvalue weighted by molar-refractivity contribution is 1.27. The Kier molecular flexibility index (Phi) is 1.54. The third kappa shape index (κ3) is 0.988. The van der Waals surface area contributed by atoms with Crippen LogP contribution in [0.1, 0.15) is 16.7 Å². The monoisotopic (exact) mass is 194 g/mol. The number of pyridine rings is 2. The van der Waals surface area contributed by atoms with Crippen LogP contribution in [0, 0.1) is 6.92 Å². The normalized spacial score (nSPS) is 12.5. The summed E-state index contributed by atoms with van der Waals surface area (Å²) in [6.07, 6.45) is 5.50. The molecule has 0 aliphatic heterocycles. The zero-order chi connectivity index (χ0) is 10.4. The molecule has 1 aliphatic rings. The number of nitrogens with zero attached hydrogens (tertiary/aromatic N) is 2. The Hall–Kier alpha value is -1.96. The van der Waals surface area contributed by atoms with Gasteiger partial charge in [0.1, 0.15) is 0 Å². The maximum absolute atomic E-state index is 4.42. The van der Waals surface area contributed by atoms with Gasteiger partial charge >= 0.3 is 0 Å². The lowest BCUT2D eigenvalue weighted by Gasteiger charge is -2.02. The predicted octanol–water partition coefficient (Wildman–Crippen LogP) is 2.83. The molecule has 2 nitrogen and oxygen atoms in total. The Bertz CT molecular complexity index is 570. The van der Waals surface area contributed by atoms with Crippen molar-refractivity contribution in [1.29, 1.82) is 0 Å². The van der Waals surface area contributed by atoms with Crippen LogP contribution in [0.2, 0.25) is 0 Å². The van der Waals surface area contributed by atoms with Crippen molar-refractivity contribution in [1.82, 2.24) is 9.97 Å². The summed E-state index contributed by atoms with van der Waals surface area (Å²) in [6, 6.07) is 4.02. The van der Waals surface area contributed by atoms with Crippen LogP contribution in [0.15, 0.2) is 37.3 Å². The molecular weight excluding hydrogens is 184 g/mol. The van der Waals surface area contributed by atoms with Gasteiger partial charge < -0.3 is 0 Å². The zero-order valence-corrected chi connectivity index (χ0v) is 8.49. The largest absolute Gasteiger partial charge is 0.264 e. The summed E-state index contributed by atoms with van der Waals surface area (Å²) in [6.45, 7) is 6.21. The first-order chi connectivity index (χ1) is 7.29. The van der Waals surface area contributed by atoms with Crippen LogP contribution in [0.5, 0.6) is 0 Å². The highest BCUT2D eigenvalue weighted by Gasteiger charge is 2.24. The third-order valence-corrected chi connectivity index (χ3v) is 2.86. The lowest BCUT2D eigenvalue weighted by Crippen LogP contribution is -1.87. The molecule has 0 radical (unpaired) electrons. The van der Waals surface area contributed by atoms with Crippen LogP contribution in [0.25, 0.3) is 16.8 Å². The molecule has 0 atom stereocenters. The molecule has 0 unspecified atom stereocenters. The van der Waals surface area contributed by atoms with Crippen LogP contribution in [0.3, 0.4) is 0 Å². The first kappa shape index (κ1) is 8.36. The summed E-state index contributed by atoms with van der Waals surface area (Å²) >= 11 is 0. The summed E-state index contributed by atoms with van der Waals surface area (Å²) in [7, 11) is 0. The minimum absolute atomic E-state index is 1.04. The molecule has 0 aromatic carbocycles. The second-order valence-corrected chi connectivity index (χ2v) is 3.75. The van der Waals surface area contributed by atoms with Gasteiger partial charge in [-0.15, -0.1) is 0 Å². The van der Waals surface area contributed by atoms with Gasteiger partial charge in [0.05, 0.1) is 5.69 Å². The Morgan fingerprint density at radius 2 is 2.00 bits per heavy atom. The van der Waals surface area contributed by atoms with E-state index in [9.17, 15) is 0 Å². The second-order valence-electron chi connectivity index (χ2n) is 3.75. The highest BCUT2D eigenvalue weighted by Crippen LogP contribution is 2.42. The van der Waals surface area contributed by atoms with Gasteiger partial charge in [-0.2, -0.15) is 0 Å². The Morgan fingerprint density at radius 3 is 2.87 bits per heavy atom. The van der Waals surface area contributed by atoms with E-state index in [0.29, 0.717) is 0 Å². The topological polar surface area (TPSA) is 25.8 Å². The average molecular weight is 194 g/mol. The molecule has 0 bridgehead atoms. The SMILES string of the molecule is C=C1c2cnccc2-c2nccc(C)c21. The Morgan fingerprint density at radius 1 is 1.13 bits per heavy atom. The van der Waals surface area contributed by atoms with Crippen LogP contribution < -0.4 is 0 Å². The van der Waals surface area contributed by atoms with E-state index in [0.717, 1.165) is 22.4 Å². The van der Waals surface area contributed by atoms with Crippen LogP contribution >= 0.6 is 0 Å². The van der Waals surface area contributed by atoms with E-state index < -0.39 is 0 Å². The first-order valence-corrected chi connectivity index (χ1v) is 4.88. The molecule has 0 fully saturated rings. The Labute approximate surface area is 88.3 Å². The highest BCUT2D eigenvalue weighted by molar-refractivity contribution is 5.99. The summed E-state index contributed by atoms with van der Waals surface area (Å²) in [5, 5.41) is 0. The van der Waals surface area contributed by atoms with E-state index in [1.807, 2.05) is 24.5 Å². The van der Waals surface area contributed by atoms with Gasteiger partial charge in [-0.05, 0) is 30.2 Å². The average Bonchev–Trinajstić information content (AvgIpc) is 2.55. The smallest absolute Gasteiger partial charge is 0.0790 e. The van der Waals surface area contributed by atoms with Crippen molar-refractivity contribution in [2.45, 2.75) is 6.92 Å². The molecule has 15 heavy (non-hydrogen) atoms. The minimum atomic E-state index is 1.04. The van der Waals surface area contributed by atoms with Gasteiger partial charge in [0.25, 0.3) is 0 Å². The quantitative estimate of drug-likeness (QED) is 0.550. The van der Waals surface area contributed by atoms with Crippen molar-refractivity contribution in [2.75, 3.05) is 0 Å². The molecule has 0 N–H and O–H groups in total. The van der Waals surface area contributed by atoms with Crippen molar-refractivity contribution in [3.8, 4) is 11.3 Å². The van der Waals surface area contributed by atoms with E-state index in [2.05, 4.69) is 23.5 Å². The standard InChI is InChI=1S/C13H10N2/c1-8-3-6-15-13-10-4-5-14-7-11(10)9(2)12(8)13/h3-7H,2H2,1H3. The van der Waals surface area contributed by atoms with Gasteiger partial charge in [-0.1, -0.05) is 6.58 Å². The van der Waals surface area contributed by atoms with Crippen molar-refractivity contribution < 1.29 is 0 Å². The summed E-state index contributed by atoms with van der Waals surface area (Å²) < 4.78 is 0.